The quantitative estimate of drug-likeness (QED) is 0.400. The van der Waals surface area contributed by atoms with Gasteiger partial charge in [0.2, 0.25) is 0 Å². The van der Waals surface area contributed by atoms with E-state index >= 15 is 0 Å². The van der Waals surface area contributed by atoms with E-state index in [2.05, 4.69) is 20.5 Å². The maximum absolute atomic E-state index is 14.0. The van der Waals surface area contributed by atoms with Crippen LogP contribution in [-0.2, 0) is 6.18 Å². The number of phenols is 1. The molecule has 36 heavy (non-hydrogen) atoms. The standard InChI is InChI=1S/C25H19F3N6O2/c26-25(27,28)23-20(15-30-33(23)17-8-2-1-3-9-17)31-24(36)34-21(18-10-4-5-11-22(18)35)13-19(32-34)16-7-6-12-29-14-16/h1-12,14-15,21,35H,13H2,(H,31,36). The number of aromatic nitrogens is 3. The molecule has 1 aliphatic rings. The molecule has 2 N–H and O–H groups in total. The molecule has 1 aliphatic heterocycles. The van der Waals surface area contributed by atoms with E-state index in [9.17, 15) is 23.1 Å². The van der Waals surface area contributed by atoms with Crippen LogP contribution in [0.1, 0.15) is 29.3 Å². The van der Waals surface area contributed by atoms with Gasteiger partial charge in [-0.25, -0.2) is 14.5 Å². The summed E-state index contributed by atoms with van der Waals surface area (Å²) >= 11 is 0. The van der Waals surface area contributed by atoms with Gasteiger partial charge in [0.15, 0.2) is 5.69 Å². The maximum atomic E-state index is 14.0. The van der Waals surface area contributed by atoms with Gasteiger partial charge in [-0.3, -0.25) is 4.98 Å². The number of aromatic hydroxyl groups is 1. The Hall–Kier alpha value is -4.67. The van der Waals surface area contributed by atoms with Crippen molar-refractivity contribution in [2.45, 2.75) is 18.6 Å². The lowest BCUT2D eigenvalue weighted by Gasteiger charge is -2.23. The van der Waals surface area contributed by atoms with Crippen LogP contribution in [0, 0.1) is 0 Å². The van der Waals surface area contributed by atoms with E-state index in [1.54, 1.807) is 60.9 Å². The third-order valence-electron chi connectivity index (χ3n) is 5.69. The number of urea groups is 1. The van der Waals surface area contributed by atoms with E-state index in [1.165, 1.54) is 18.2 Å². The number of para-hydroxylation sites is 2. The minimum Gasteiger partial charge on any atom is -0.508 e. The topological polar surface area (TPSA) is 95.6 Å². The Labute approximate surface area is 203 Å². The number of halogens is 3. The molecule has 4 aromatic rings. The Balaban J connectivity index is 1.52. The molecule has 11 heteroatoms. The summed E-state index contributed by atoms with van der Waals surface area (Å²) < 4.78 is 42.8. The SMILES string of the molecule is O=C(Nc1cnn(-c2ccccc2)c1C(F)(F)F)N1N=C(c2cccnc2)CC1c1ccccc1O. The molecule has 2 aromatic heterocycles. The second-order valence-electron chi connectivity index (χ2n) is 7.99. The molecule has 2 amide bonds. The number of carbonyl (C=O) groups excluding carboxylic acids is 1. The van der Waals surface area contributed by atoms with Gasteiger partial charge in [0.05, 0.1) is 29.3 Å². The average molecular weight is 492 g/mol. The number of nitrogens with zero attached hydrogens (tertiary/aromatic N) is 5. The monoisotopic (exact) mass is 492 g/mol. The predicted octanol–water partition coefficient (Wildman–Crippen LogP) is 5.37. The van der Waals surface area contributed by atoms with Gasteiger partial charge in [0, 0.05) is 29.9 Å². The fourth-order valence-corrected chi connectivity index (χ4v) is 4.07. The van der Waals surface area contributed by atoms with E-state index in [-0.39, 0.29) is 17.9 Å². The second-order valence-corrected chi connectivity index (χ2v) is 7.99. The highest BCUT2D eigenvalue weighted by Gasteiger charge is 2.41. The van der Waals surface area contributed by atoms with Crippen LogP contribution in [0.25, 0.3) is 5.69 Å². The minimum absolute atomic E-state index is 0.0594. The Kier molecular flexibility index (Phi) is 5.88. The third kappa shape index (κ3) is 4.38. The number of pyridine rings is 1. The zero-order valence-corrected chi connectivity index (χ0v) is 18.6. The molecule has 182 valence electrons. The summed E-state index contributed by atoms with van der Waals surface area (Å²) in [5.74, 6) is -0.0594. The maximum Gasteiger partial charge on any atom is 0.435 e. The van der Waals surface area contributed by atoms with Crippen LogP contribution in [0.3, 0.4) is 0 Å². The highest BCUT2D eigenvalue weighted by molar-refractivity contribution is 6.04. The second kappa shape index (κ2) is 9.17. The molecule has 0 aliphatic carbocycles. The van der Waals surface area contributed by atoms with Crippen molar-refractivity contribution in [3.8, 4) is 11.4 Å². The molecule has 0 spiro atoms. The number of alkyl halides is 3. The summed E-state index contributed by atoms with van der Waals surface area (Å²) in [5.41, 5.74) is 0.111. The summed E-state index contributed by atoms with van der Waals surface area (Å²) in [6.07, 6.45) is -0.460. The number of hydrogen-bond acceptors (Lipinski definition) is 5. The van der Waals surface area contributed by atoms with Crippen LogP contribution in [0.15, 0.2) is 90.4 Å². The van der Waals surface area contributed by atoms with E-state index in [0.717, 1.165) is 15.9 Å². The van der Waals surface area contributed by atoms with Gasteiger partial charge >= 0.3 is 12.2 Å². The zero-order chi connectivity index (χ0) is 25.3. The van der Waals surface area contributed by atoms with E-state index < -0.39 is 29.6 Å². The minimum atomic E-state index is -4.80. The molecule has 1 unspecified atom stereocenters. The number of hydrazone groups is 1. The van der Waals surface area contributed by atoms with Crippen molar-refractivity contribution in [3.05, 3.63) is 102 Å². The number of anilines is 1. The lowest BCUT2D eigenvalue weighted by molar-refractivity contribution is -0.142. The normalized spacial score (nSPS) is 15.6. The highest BCUT2D eigenvalue weighted by atomic mass is 19.4. The van der Waals surface area contributed by atoms with Crippen molar-refractivity contribution in [2.24, 2.45) is 5.10 Å². The van der Waals surface area contributed by atoms with E-state index in [4.69, 9.17) is 0 Å². The van der Waals surface area contributed by atoms with Crippen molar-refractivity contribution in [1.82, 2.24) is 19.8 Å². The lowest BCUT2D eigenvalue weighted by Crippen LogP contribution is -2.32. The van der Waals surface area contributed by atoms with Gasteiger partial charge in [0.25, 0.3) is 0 Å². The smallest absolute Gasteiger partial charge is 0.435 e. The van der Waals surface area contributed by atoms with Crippen LogP contribution in [-0.4, -0.2) is 36.6 Å². The summed E-state index contributed by atoms with van der Waals surface area (Å²) in [6, 6.07) is 16.1. The molecule has 1 atom stereocenters. The van der Waals surface area contributed by atoms with Gasteiger partial charge in [-0.15, -0.1) is 0 Å². The number of hydrogen-bond donors (Lipinski definition) is 2. The number of amides is 2. The summed E-state index contributed by atoms with van der Waals surface area (Å²) in [7, 11) is 0. The molecule has 0 fully saturated rings. The molecule has 8 nitrogen and oxygen atoms in total. The first-order valence-electron chi connectivity index (χ1n) is 10.9. The molecule has 0 bridgehead atoms. The molecular weight excluding hydrogens is 473 g/mol. The first kappa shape index (κ1) is 23.1. The number of nitrogens with one attached hydrogen (secondary N) is 1. The van der Waals surface area contributed by atoms with Gasteiger partial charge < -0.3 is 10.4 Å². The van der Waals surface area contributed by atoms with Crippen molar-refractivity contribution in [2.75, 3.05) is 5.32 Å². The van der Waals surface area contributed by atoms with Gasteiger partial charge in [0.1, 0.15) is 5.75 Å². The van der Waals surface area contributed by atoms with Crippen molar-refractivity contribution in [1.29, 1.82) is 0 Å². The number of carbonyl (C=O) groups is 1. The average Bonchev–Trinajstić information content (AvgIpc) is 3.50. The first-order chi connectivity index (χ1) is 17.3. The third-order valence-corrected chi connectivity index (χ3v) is 5.69. The molecule has 0 saturated heterocycles. The van der Waals surface area contributed by atoms with Crippen molar-refractivity contribution >= 4 is 17.4 Å². The molecule has 5 rings (SSSR count). The van der Waals surface area contributed by atoms with Crippen LogP contribution >= 0.6 is 0 Å². The summed E-state index contributed by atoms with van der Waals surface area (Å²) in [4.78, 5) is 17.4. The largest absolute Gasteiger partial charge is 0.508 e. The summed E-state index contributed by atoms with van der Waals surface area (Å²) in [6.45, 7) is 0. The van der Waals surface area contributed by atoms with Crippen LogP contribution in [0.4, 0.5) is 23.7 Å². The van der Waals surface area contributed by atoms with Crippen molar-refractivity contribution < 1.29 is 23.1 Å². The molecule has 2 aromatic carbocycles. The van der Waals surface area contributed by atoms with Crippen LogP contribution < -0.4 is 5.32 Å². The molecular formula is C25H19F3N6O2. The first-order valence-corrected chi connectivity index (χ1v) is 10.9. The molecule has 0 saturated carbocycles. The Bertz CT molecular complexity index is 1420. The van der Waals surface area contributed by atoms with Crippen LogP contribution in [0.5, 0.6) is 5.75 Å². The van der Waals surface area contributed by atoms with Gasteiger partial charge in [-0.2, -0.15) is 23.4 Å². The Morgan fingerprint density at radius 3 is 2.44 bits per heavy atom. The molecule has 0 radical (unpaired) electrons. The van der Waals surface area contributed by atoms with Gasteiger partial charge in [-0.1, -0.05) is 42.5 Å². The summed E-state index contributed by atoms with van der Waals surface area (Å²) in [5, 5.41) is 22.0. The zero-order valence-electron chi connectivity index (χ0n) is 18.6. The fraction of sp³-hybridized carbons (Fsp3) is 0.120. The van der Waals surface area contributed by atoms with E-state index in [0.29, 0.717) is 16.8 Å². The fourth-order valence-electron chi connectivity index (χ4n) is 4.07. The van der Waals surface area contributed by atoms with Crippen LogP contribution in [0.2, 0.25) is 0 Å². The molecule has 3 heterocycles. The number of rotatable bonds is 4. The predicted molar refractivity (Wildman–Crippen MR) is 126 cm³/mol. The van der Waals surface area contributed by atoms with Gasteiger partial charge in [-0.05, 0) is 24.3 Å². The Morgan fingerprint density at radius 2 is 1.75 bits per heavy atom. The number of benzene rings is 2. The van der Waals surface area contributed by atoms with E-state index in [1.807, 2.05) is 0 Å². The number of phenolic OH excluding ortho intramolecular Hbond substituents is 1. The lowest BCUT2D eigenvalue weighted by atomic mass is 9.98. The highest BCUT2D eigenvalue weighted by Crippen LogP contribution is 2.39. The van der Waals surface area contributed by atoms with Crippen molar-refractivity contribution in [3.63, 3.8) is 0 Å². The Morgan fingerprint density at radius 1 is 1.00 bits per heavy atom.